The second-order valence-electron chi connectivity index (χ2n) is 1.50. The van der Waals surface area contributed by atoms with Gasteiger partial charge in [0.1, 0.15) is 0 Å². The zero-order valence-corrected chi connectivity index (χ0v) is 7.82. The summed E-state index contributed by atoms with van der Waals surface area (Å²) in [6.07, 6.45) is 10.0. The second-order valence-corrected chi connectivity index (χ2v) is 1.50. The molecule has 2 heteroatoms. The van der Waals surface area contributed by atoms with E-state index in [9.17, 15) is 0 Å². The van der Waals surface area contributed by atoms with Crippen LogP contribution in [0.5, 0.6) is 0 Å². The minimum absolute atomic E-state index is 0. The van der Waals surface area contributed by atoms with Crippen molar-refractivity contribution in [1.82, 2.24) is 0 Å². The van der Waals surface area contributed by atoms with E-state index < -0.39 is 0 Å². The number of allylic oxidation sites excluding steroid dienone is 4. The first-order valence-corrected chi connectivity index (χ1v) is 2.91. The number of ether oxygens (including phenoxy) is 1. The Balaban J connectivity index is 0. The van der Waals surface area contributed by atoms with Crippen molar-refractivity contribution in [3.8, 4) is 0 Å². The number of hydrogen-bond donors (Lipinski definition) is 0. The molecule has 1 rings (SSSR count). The number of hydrogen-bond acceptors (Lipinski definition) is 1. The molecule has 1 aliphatic carbocycles. The summed E-state index contributed by atoms with van der Waals surface area (Å²) >= 11 is 0. The largest absolute Gasteiger partial charge is 2.00 e. The van der Waals surface area contributed by atoms with E-state index in [4.69, 9.17) is 0 Å². The van der Waals surface area contributed by atoms with Gasteiger partial charge < -0.3 is 11.7 Å². The predicted molar refractivity (Wildman–Crippen MR) is 38.8 cm³/mol. The standard InChI is InChI=1S/C5H5.C3H7O.Ti/c1-2-4-5-3-1;1-3-4-2;/h1-3H,4H2;1,3H2,2H3;/q2*-1;+2. The summed E-state index contributed by atoms with van der Waals surface area (Å²) in [4.78, 5) is 0. The quantitative estimate of drug-likeness (QED) is 0.432. The van der Waals surface area contributed by atoms with Gasteiger partial charge in [-0.05, 0) is 0 Å². The molecule has 0 radical (unpaired) electrons. The Labute approximate surface area is 78.0 Å². The molecule has 0 aliphatic heterocycles. The Bertz CT molecular complexity index is 85.4. The van der Waals surface area contributed by atoms with Crippen molar-refractivity contribution in [2.24, 2.45) is 0 Å². The van der Waals surface area contributed by atoms with Crippen molar-refractivity contribution in [3.63, 3.8) is 0 Å². The number of rotatable bonds is 1. The van der Waals surface area contributed by atoms with Gasteiger partial charge in [-0.25, -0.2) is 12.2 Å². The molecular formula is C8H12OTi. The Morgan fingerprint density at radius 3 is 2.40 bits per heavy atom. The first-order chi connectivity index (χ1) is 4.41. The molecule has 0 spiro atoms. The monoisotopic (exact) mass is 172 g/mol. The molecule has 0 atom stereocenters. The topological polar surface area (TPSA) is 9.23 Å². The SMILES string of the molecule is [C-]1=CC=CC1.[CH2-]COC.[Ti+2]. The Kier molecular flexibility index (Phi) is 15.2. The molecule has 0 bridgehead atoms. The van der Waals surface area contributed by atoms with Crippen LogP contribution in [0.15, 0.2) is 18.2 Å². The van der Waals surface area contributed by atoms with Crippen LogP contribution in [-0.2, 0) is 26.5 Å². The van der Waals surface area contributed by atoms with Crippen molar-refractivity contribution in [3.05, 3.63) is 31.2 Å². The van der Waals surface area contributed by atoms with Gasteiger partial charge in [0.15, 0.2) is 0 Å². The van der Waals surface area contributed by atoms with Gasteiger partial charge in [-0.1, -0.05) is 6.61 Å². The first-order valence-electron chi connectivity index (χ1n) is 2.91. The van der Waals surface area contributed by atoms with Crippen molar-refractivity contribution in [2.45, 2.75) is 6.42 Å². The molecule has 0 aromatic carbocycles. The van der Waals surface area contributed by atoms with Crippen molar-refractivity contribution < 1.29 is 26.5 Å². The van der Waals surface area contributed by atoms with Gasteiger partial charge in [0, 0.05) is 7.11 Å². The molecule has 0 saturated heterocycles. The maximum absolute atomic E-state index is 4.43. The molecule has 1 nitrogen and oxygen atoms in total. The third kappa shape index (κ3) is 11.0. The van der Waals surface area contributed by atoms with Gasteiger partial charge in [-0.3, -0.25) is 6.08 Å². The van der Waals surface area contributed by atoms with E-state index in [1.54, 1.807) is 7.11 Å². The van der Waals surface area contributed by atoms with Crippen LogP contribution in [0.4, 0.5) is 0 Å². The third-order valence-corrected chi connectivity index (χ3v) is 0.790. The molecule has 0 aromatic rings. The fourth-order valence-corrected chi connectivity index (χ4v) is 0.340. The molecule has 0 amide bonds. The second kappa shape index (κ2) is 11.9. The van der Waals surface area contributed by atoms with Gasteiger partial charge in [0.25, 0.3) is 0 Å². The third-order valence-electron chi connectivity index (χ3n) is 0.790. The van der Waals surface area contributed by atoms with E-state index in [0.717, 1.165) is 6.42 Å². The average Bonchev–Trinajstić information content (AvgIpc) is 2.43. The summed E-state index contributed by atoms with van der Waals surface area (Å²) in [5.74, 6) is 0. The number of methoxy groups -OCH3 is 1. The summed E-state index contributed by atoms with van der Waals surface area (Å²) in [5.41, 5.74) is 0. The normalized spacial score (nSPS) is 11.8. The van der Waals surface area contributed by atoms with Gasteiger partial charge in [-0.15, -0.1) is 6.42 Å². The van der Waals surface area contributed by atoms with Crippen LogP contribution in [-0.4, -0.2) is 13.7 Å². The van der Waals surface area contributed by atoms with Crippen LogP contribution < -0.4 is 0 Å². The van der Waals surface area contributed by atoms with E-state index in [2.05, 4.69) is 23.8 Å². The maximum atomic E-state index is 4.43. The Morgan fingerprint density at radius 2 is 2.30 bits per heavy atom. The molecule has 54 valence electrons. The summed E-state index contributed by atoms with van der Waals surface area (Å²) < 4.78 is 4.43. The van der Waals surface area contributed by atoms with Crippen LogP contribution in [0.3, 0.4) is 0 Å². The summed E-state index contributed by atoms with van der Waals surface area (Å²) in [6.45, 7) is 3.95. The smallest absolute Gasteiger partial charge is 0.417 e. The average molecular weight is 172 g/mol. The summed E-state index contributed by atoms with van der Waals surface area (Å²) in [6, 6.07) is 0. The minimum atomic E-state index is 0. The van der Waals surface area contributed by atoms with E-state index in [1.165, 1.54) is 0 Å². The molecule has 0 heterocycles. The maximum Gasteiger partial charge on any atom is 2.00 e. The zero-order valence-electron chi connectivity index (χ0n) is 6.26. The van der Waals surface area contributed by atoms with Crippen molar-refractivity contribution in [2.75, 3.05) is 13.7 Å². The molecule has 0 unspecified atom stereocenters. The van der Waals surface area contributed by atoms with Crippen molar-refractivity contribution in [1.29, 1.82) is 0 Å². The van der Waals surface area contributed by atoms with Gasteiger partial charge >= 0.3 is 21.7 Å². The predicted octanol–water partition coefficient (Wildman–Crippen LogP) is 1.77. The van der Waals surface area contributed by atoms with E-state index in [0.29, 0.717) is 6.61 Å². The van der Waals surface area contributed by atoms with Crippen LogP contribution in [0, 0.1) is 13.0 Å². The Morgan fingerprint density at radius 1 is 1.70 bits per heavy atom. The van der Waals surface area contributed by atoms with Crippen LogP contribution in [0.2, 0.25) is 0 Å². The van der Waals surface area contributed by atoms with E-state index in [-0.39, 0.29) is 21.7 Å². The molecular weight excluding hydrogens is 160 g/mol. The molecule has 0 saturated carbocycles. The fourth-order valence-electron chi connectivity index (χ4n) is 0.340. The Hall–Kier alpha value is 0.154. The minimum Gasteiger partial charge on any atom is -0.417 e. The van der Waals surface area contributed by atoms with Crippen LogP contribution in [0.25, 0.3) is 0 Å². The first kappa shape index (κ1) is 12.8. The molecule has 0 aromatic heterocycles. The van der Waals surface area contributed by atoms with E-state index in [1.807, 2.05) is 12.2 Å². The molecule has 0 fully saturated rings. The van der Waals surface area contributed by atoms with Gasteiger partial charge in [-0.2, -0.15) is 6.08 Å². The van der Waals surface area contributed by atoms with Crippen LogP contribution in [0.1, 0.15) is 6.42 Å². The van der Waals surface area contributed by atoms with E-state index >= 15 is 0 Å². The zero-order chi connectivity index (χ0) is 6.95. The molecule has 0 N–H and O–H groups in total. The van der Waals surface area contributed by atoms with Gasteiger partial charge in [0.2, 0.25) is 0 Å². The van der Waals surface area contributed by atoms with Crippen LogP contribution >= 0.6 is 0 Å². The fraction of sp³-hybridized carbons (Fsp3) is 0.375. The summed E-state index contributed by atoms with van der Waals surface area (Å²) in [5, 5.41) is 0. The molecule has 10 heavy (non-hydrogen) atoms. The molecule has 1 aliphatic rings. The van der Waals surface area contributed by atoms with Gasteiger partial charge in [0.05, 0.1) is 0 Å². The summed E-state index contributed by atoms with van der Waals surface area (Å²) in [7, 11) is 1.62. The van der Waals surface area contributed by atoms with Crippen molar-refractivity contribution >= 4 is 0 Å².